The summed E-state index contributed by atoms with van der Waals surface area (Å²) in [5, 5.41) is 7.91. The summed E-state index contributed by atoms with van der Waals surface area (Å²) in [5.74, 6) is 0. The first-order chi connectivity index (χ1) is 14.8. The maximum absolute atomic E-state index is 5.01. The summed E-state index contributed by atoms with van der Waals surface area (Å²) in [4.78, 5) is 14.6. The van der Waals surface area contributed by atoms with E-state index in [9.17, 15) is 0 Å². The molecule has 0 saturated carbocycles. The highest BCUT2D eigenvalue weighted by Gasteiger charge is 1.91. The molecular weight excluding hydrogens is 378 g/mol. The molecule has 0 aliphatic rings. The molecule has 30 heavy (non-hydrogen) atoms. The van der Waals surface area contributed by atoms with Gasteiger partial charge in [-0.2, -0.15) is 5.10 Å². The van der Waals surface area contributed by atoms with Crippen molar-refractivity contribution in [2.75, 3.05) is 0 Å². The zero-order valence-corrected chi connectivity index (χ0v) is 17.4. The predicted octanol–water partition coefficient (Wildman–Crippen LogP) is 4.77. The molecule has 5 rings (SSSR count). The average molecular weight is 406 g/mol. The molecule has 0 amide bonds. The molecule has 0 radical (unpaired) electrons. The number of nitrogens with zero attached hydrogens (tertiary/aromatic N) is 5. The van der Waals surface area contributed by atoms with Crippen molar-refractivity contribution < 1.29 is 4.42 Å². The van der Waals surface area contributed by atoms with E-state index < -0.39 is 0 Å². The van der Waals surface area contributed by atoms with Gasteiger partial charge in [0.25, 0.3) is 0 Å². The van der Waals surface area contributed by atoms with E-state index in [0.717, 1.165) is 22.0 Å². The predicted molar refractivity (Wildman–Crippen MR) is 120 cm³/mol. The van der Waals surface area contributed by atoms with E-state index >= 15 is 0 Å². The number of benzene rings is 2. The van der Waals surface area contributed by atoms with Crippen LogP contribution in [0.5, 0.6) is 0 Å². The van der Waals surface area contributed by atoms with E-state index in [1.54, 1.807) is 6.08 Å². The zero-order chi connectivity index (χ0) is 21.9. The fourth-order valence-electron chi connectivity index (χ4n) is 1.89. The molecule has 3 aromatic heterocycles. The third kappa shape index (κ3) is 9.23. The van der Waals surface area contributed by atoms with E-state index in [4.69, 9.17) is 10.2 Å². The highest BCUT2D eigenvalue weighted by atomic mass is 16.3. The van der Waals surface area contributed by atoms with Crippen molar-refractivity contribution in [2.24, 2.45) is 5.73 Å². The first kappa shape index (κ1) is 24.0. The monoisotopic (exact) mass is 405 g/mol. The number of nitrogens with two attached hydrogens (primary N) is 1. The van der Waals surface area contributed by atoms with Gasteiger partial charge in [-0.3, -0.25) is 5.10 Å². The van der Waals surface area contributed by atoms with Crippen LogP contribution < -0.4 is 5.73 Å². The normalized spacial score (nSPS) is 9.17. The third-order valence-corrected chi connectivity index (χ3v) is 3.18. The minimum absolute atomic E-state index is 0.845. The minimum atomic E-state index is 0.845. The molecule has 3 heterocycles. The lowest BCUT2D eigenvalue weighted by atomic mass is 10.3. The fraction of sp³-hybridized carbons (Fsp3) is 0.136. The number of nitrogens with one attached hydrogen (secondary N) is 1. The molecule has 0 saturated heterocycles. The van der Waals surface area contributed by atoms with Crippen LogP contribution >= 0.6 is 0 Å². The largest absolute Gasteiger partial charge is 0.443 e. The van der Waals surface area contributed by atoms with Crippen LogP contribution in [0.25, 0.3) is 22.0 Å². The van der Waals surface area contributed by atoms with Crippen molar-refractivity contribution in [3.63, 3.8) is 0 Å². The summed E-state index contributed by atoms with van der Waals surface area (Å²) in [5.41, 5.74) is 7.70. The summed E-state index contributed by atoms with van der Waals surface area (Å²) in [7, 11) is 0. The molecule has 5 aromatic rings. The van der Waals surface area contributed by atoms with Gasteiger partial charge in [0.05, 0.1) is 11.7 Å². The Bertz CT molecular complexity index is 901. The molecule has 2 aromatic carbocycles. The van der Waals surface area contributed by atoms with Crippen LogP contribution in [0.4, 0.5) is 0 Å². The number of allylic oxidation sites excluding steroid dienone is 1. The lowest BCUT2D eigenvalue weighted by Gasteiger charge is -1.81. The van der Waals surface area contributed by atoms with Gasteiger partial charge in [-0.1, -0.05) is 50.3 Å². The van der Waals surface area contributed by atoms with Gasteiger partial charge in [-0.05, 0) is 31.3 Å². The molecule has 8 nitrogen and oxygen atoms in total. The summed E-state index contributed by atoms with van der Waals surface area (Å²) < 4.78 is 5.01. The Kier molecular flexibility index (Phi) is 12.7. The first-order valence-corrected chi connectivity index (χ1v) is 9.39. The Morgan fingerprint density at radius 3 is 2.07 bits per heavy atom. The SMILES string of the molecule is C/C=C\N.CC.c1ccc2[nH]ncc2c1.c1ccc2ocnc2c1.c1ncncn1. The van der Waals surface area contributed by atoms with Gasteiger partial charge < -0.3 is 10.2 Å². The highest BCUT2D eigenvalue weighted by molar-refractivity contribution is 5.77. The number of aromatic nitrogens is 6. The Balaban J connectivity index is 0.000000203. The number of fused-ring (bicyclic) bond motifs is 2. The van der Waals surface area contributed by atoms with E-state index in [1.165, 1.54) is 31.6 Å². The summed E-state index contributed by atoms with van der Waals surface area (Å²) >= 11 is 0. The van der Waals surface area contributed by atoms with Crippen molar-refractivity contribution in [1.29, 1.82) is 0 Å². The maximum atomic E-state index is 5.01. The first-order valence-electron chi connectivity index (χ1n) is 9.39. The average Bonchev–Trinajstić information content (AvgIpc) is 3.52. The topological polar surface area (TPSA) is 119 Å². The molecule has 0 unspecified atom stereocenters. The number of hydrogen-bond acceptors (Lipinski definition) is 7. The molecule has 0 aliphatic heterocycles. The van der Waals surface area contributed by atoms with Gasteiger partial charge in [0.2, 0.25) is 0 Å². The molecular formula is C22H27N7O. The number of aromatic amines is 1. The summed E-state index contributed by atoms with van der Waals surface area (Å²) in [6.07, 6.45) is 10.9. The molecule has 0 aliphatic carbocycles. The van der Waals surface area contributed by atoms with Crippen LogP contribution in [-0.4, -0.2) is 30.1 Å². The number of para-hydroxylation sites is 3. The zero-order valence-electron chi connectivity index (χ0n) is 17.4. The van der Waals surface area contributed by atoms with Crippen molar-refractivity contribution in [1.82, 2.24) is 30.1 Å². The molecule has 3 N–H and O–H groups in total. The summed E-state index contributed by atoms with van der Waals surface area (Å²) in [6, 6.07) is 15.7. The number of H-pyrrole nitrogens is 1. The number of rotatable bonds is 0. The lowest BCUT2D eigenvalue weighted by Crippen LogP contribution is -1.73. The van der Waals surface area contributed by atoms with E-state index in [2.05, 4.69) is 30.1 Å². The van der Waals surface area contributed by atoms with Gasteiger partial charge >= 0.3 is 0 Å². The fourth-order valence-corrected chi connectivity index (χ4v) is 1.89. The smallest absolute Gasteiger partial charge is 0.181 e. The molecule has 0 bridgehead atoms. The minimum Gasteiger partial charge on any atom is -0.443 e. The third-order valence-electron chi connectivity index (χ3n) is 3.18. The number of hydrogen-bond donors (Lipinski definition) is 2. The van der Waals surface area contributed by atoms with Gasteiger partial charge in [0.15, 0.2) is 12.0 Å². The Morgan fingerprint density at radius 2 is 1.50 bits per heavy atom. The second-order valence-corrected chi connectivity index (χ2v) is 5.10. The second kappa shape index (κ2) is 15.9. The summed E-state index contributed by atoms with van der Waals surface area (Å²) in [6.45, 7) is 5.88. The molecule has 0 spiro atoms. The quantitative estimate of drug-likeness (QED) is 0.381. The van der Waals surface area contributed by atoms with Gasteiger partial charge in [-0.25, -0.2) is 19.9 Å². The Labute approximate surface area is 175 Å². The highest BCUT2D eigenvalue weighted by Crippen LogP contribution is 2.09. The van der Waals surface area contributed by atoms with Crippen LogP contribution in [0.2, 0.25) is 0 Å². The molecule has 8 heteroatoms. The van der Waals surface area contributed by atoms with Gasteiger partial charge in [-0.15, -0.1) is 0 Å². The molecule has 0 fully saturated rings. The van der Waals surface area contributed by atoms with Gasteiger partial charge in [0.1, 0.15) is 24.5 Å². The van der Waals surface area contributed by atoms with Crippen LogP contribution in [0.15, 0.2) is 96.8 Å². The van der Waals surface area contributed by atoms with Crippen LogP contribution in [0, 0.1) is 0 Å². The molecule has 156 valence electrons. The van der Waals surface area contributed by atoms with Crippen LogP contribution in [0.3, 0.4) is 0 Å². The van der Waals surface area contributed by atoms with E-state index in [0.29, 0.717) is 0 Å². The van der Waals surface area contributed by atoms with Crippen LogP contribution in [0.1, 0.15) is 20.8 Å². The van der Waals surface area contributed by atoms with E-state index in [-0.39, 0.29) is 0 Å². The van der Waals surface area contributed by atoms with Crippen LogP contribution in [-0.2, 0) is 0 Å². The van der Waals surface area contributed by atoms with Crippen molar-refractivity contribution in [2.45, 2.75) is 20.8 Å². The number of oxazole rings is 1. The maximum Gasteiger partial charge on any atom is 0.181 e. The van der Waals surface area contributed by atoms with Crippen molar-refractivity contribution in [3.05, 3.63) is 92.4 Å². The second-order valence-electron chi connectivity index (χ2n) is 5.10. The van der Waals surface area contributed by atoms with E-state index in [1.807, 2.05) is 75.5 Å². The standard InChI is InChI=1S/C7H6N2.C7H5NO.C3H3N3.C3H7N.C2H6/c1-2-4-7-6(3-1)5-8-9-7;1-2-4-7-6(3-1)8-5-9-7;1-4-2-6-3-5-1;1-2-3-4;1-2/h1-5H,(H,8,9);1-5H;1-3H;2-3H,4H2,1H3;1-2H3/b;;;3-2-;. The Hall–Kier alpha value is -4.07. The van der Waals surface area contributed by atoms with Crippen molar-refractivity contribution >= 4 is 22.0 Å². The Morgan fingerprint density at radius 1 is 0.900 bits per heavy atom. The lowest BCUT2D eigenvalue weighted by molar-refractivity contribution is 0.602. The van der Waals surface area contributed by atoms with Crippen molar-refractivity contribution in [3.8, 4) is 0 Å². The van der Waals surface area contributed by atoms with Gasteiger partial charge in [0, 0.05) is 5.39 Å². The molecule has 0 atom stereocenters.